The van der Waals surface area contributed by atoms with Crippen molar-refractivity contribution in [2.75, 3.05) is 78.8 Å². The summed E-state index contributed by atoms with van der Waals surface area (Å²) in [4.78, 5) is 18.8. The minimum atomic E-state index is -4.27. The molecule has 290 valence electrons. The molecule has 0 spiro atoms. The molecular formula is C34H54Cl2F6N4O4. The summed E-state index contributed by atoms with van der Waals surface area (Å²) in [6, 6.07) is 10.5. The number of hydrogen-bond acceptors (Lipinski definition) is 7. The van der Waals surface area contributed by atoms with E-state index in [-0.39, 0.29) is 62.6 Å². The SMILES string of the molecule is Cl.Cl.FC(F)(F)COC[C@@H]1CCCN(C2CCNCC2)C1.O=C(OCc1ccccc1)N1CCC(N2CCC[C@@H](COCC(F)(F)F)C2)CC1. The van der Waals surface area contributed by atoms with Crippen molar-refractivity contribution in [1.82, 2.24) is 20.0 Å². The molecule has 4 fully saturated rings. The first-order valence-electron chi connectivity index (χ1n) is 17.4. The Bertz CT molecular complexity index is 1060. The molecule has 4 aliphatic rings. The molecule has 1 aromatic carbocycles. The maximum atomic E-state index is 12.3. The van der Waals surface area contributed by atoms with E-state index in [0.717, 1.165) is 96.2 Å². The van der Waals surface area contributed by atoms with Gasteiger partial charge in [0.05, 0.1) is 13.2 Å². The van der Waals surface area contributed by atoms with E-state index in [1.807, 2.05) is 30.3 Å². The van der Waals surface area contributed by atoms with Gasteiger partial charge in [-0.15, -0.1) is 24.8 Å². The zero-order chi connectivity index (χ0) is 34.4. The molecule has 1 aromatic rings. The van der Waals surface area contributed by atoms with Crippen LogP contribution in [0.3, 0.4) is 0 Å². The number of piperidine rings is 4. The Morgan fingerprint density at radius 3 is 1.66 bits per heavy atom. The number of alkyl halides is 6. The number of nitrogens with one attached hydrogen (secondary N) is 1. The van der Waals surface area contributed by atoms with Gasteiger partial charge in [0.1, 0.15) is 19.8 Å². The lowest BCUT2D eigenvalue weighted by atomic mass is 9.94. The van der Waals surface area contributed by atoms with E-state index >= 15 is 0 Å². The molecule has 1 N–H and O–H groups in total. The van der Waals surface area contributed by atoms with Crippen LogP contribution in [0.5, 0.6) is 0 Å². The summed E-state index contributed by atoms with van der Waals surface area (Å²) in [5.74, 6) is 0.394. The number of likely N-dealkylation sites (tertiary alicyclic amines) is 3. The minimum absolute atomic E-state index is 0. The quantitative estimate of drug-likeness (QED) is 0.259. The number of hydrogen-bond donors (Lipinski definition) is 1. The Kier molecular flexibility index (Phi) is 20.1. The highest BCUT2D eigenvalue weighted by atomic mass is 35.5. The van der Waals surface area contributed by atoms with Gasteiger partial charge in [-0.05, 0) is 94.9 Å². The molecule has 0 bridgehead atoms. The van der Waals surface area contributed by atoms with Crippen molar-refractivity contribution in [3.63, 3.8) is 0 Å². The van der Waals surface area contributed by atoms with Crippen LogP contribution in [0.2, 0.25) is 0 Å². The molecule has 0 aromatic heterocycles. The molecule has 8 nitrogen and oxygen atoms in total. The van der Waals surface area contributed by atoms with Gasteiger partial charge in [-0.25, -0.2) is 4.79 Å². The molecule has 0 aliphatic carbocycles. The molecule has 4 saturated heterocycles. The first-order valence-corrected chi connectivity index (χ1v) is 17.4. The number of rotatable bonds is 10. The van der Waals surface area contributed by atoms with Crippen LogP contribution in [-0.4, -0.2) is 124 Å². The summed E-state index contributed by atoms with van der Waals surface area (Å²) in [5.41, 5.74) is 0.961. The number of ether oxygens (including phenoxy) is 3. The van der Waals surface area contributed by atoms with Crippen LogP contribution in [-0.2, 0) is 20.8 Å². The molecular weight excluding hydrogens is 713 g/mol. The lowest BCUT2D eigenvalue weighted by Gasteiger charge is -2.42. The van der Waals surface area contributed by atoms with Gasteiger partial charge < -0.3 is 24.4 Å². The van der Waals surface area contributed by atoms with E-state index in [1.54, 1.807) is 4.90 Å². The van der Waals surface area contributed by atoms with Crippen LogP contribution in [0.4, 0.5) is 31.1 Å². The fourth-order valence-electron chi connectivity index (χ4n) is 7.21. The molecule has 0 radical (unpaired) electrons. The minimum Gasteiger partial charge on any atom is -0.445 e. The Hall–Kier alpha value is -1.55. The van der Waals surface area contributed by atoms with Crippen LogP contribution in [0.1, 0.15) is 56.9 Å². The van der Waals surface area contributed by atoms with E-state index in [4.69, 9.17) is 14.2 Å². The van der Waals surface area contributed by atoms with Gasteiger partial charge in [-0.1, -0.05) is 30.3 Å². The van der Waals surface area contributed by atoms with Crippen LogP contribution < -0.4 is 5.32 Å². The topological polar surface area (TPSA) is 66.5 Å². The third-order valence-corrected chi connectivity index (χ3v) is 9.61. The first-order chi connectivity index (χ1) is 22.9. The predicted molar refractivity (Wildman–Crippen MR) is 184 cm³/mol. The molecule has 16 heteroatoms. The summed E-state index contributed by atoms with van der Waals surface area (Å²) >= 11 is 0. The highest BCUT2D eigenvalue weighted by Crippen LogP contribution is 2.26. The molecule has 5 rings (SSSR count). The lowest BCUT2D eigenvalue weighted by Crippen LogP contribution is -2.50. The van der Waals surface area contributed by atoms with Gasteiger partial charge in [0.2, 0.25) is 0 Å². The van der Waals surface area contributed by atoms with Crippen molar-refractivity contribution >= 4 is 30.9 Å². The monoisotopic (exact) mass is 766 g/mol. The van der Waals surface area contributed by atoms with Crippen LogP contribution in [0, 0.1) is 11.8 Å². The zero-order valence-corrected chi connectivity index (χ0v) is 30.2. The van der Waals surface area contributed by atoms with Crippen molar-refractivity contribution in [1.29, 1.82) is 0 Å². The summed E-state index contributed by atoms with van der Waals surface area (Å²) < 4.78 is 87.9. The summed E-state index contributed by atoms with van der Waals surface area (Å²) in [5, 5.41) is 3.34. The second-order valence-electron chi connectivity index (χ2n) is 13.5. The number of carbonyl (C=O) groups excluding carboxylic acids is 1. The van der Waals surface area contributed by atoms with E-state index < -0.39 is 25.6 Å². The van der Waals surface area contributed by atoms with Gasteiger partial charge in [0, 0.05) is 38.3 Å². The fourth-order valence-corrected chi connectivity index (χ4v) is 7.21. The summed E-state index contributed by atoms with van der Waals surface area (Å²) in [6.07, 6.45) is -0.815. The molecule has 2 atom stereocenters. The van der Waals surface area contributed by atoms with Gasteiger partial charge in [0.25, 0.3) is 0 Å². The average Bonchev–Trinajstić information content (AvgIpc) is 3.08. The predicted octanol–water partition coefficient (Wildman–Crippen LogP) is 6.95. The molecule has 4 heterocycles. The van der Waals surface area contributed by atoms with Crippen molar-refractivity contribution in [3.05, 3.63) is 35.9 Å². The fraction of sp³-hybridized carbons (Fsp3) is 0.794. The van der Waals surface area contributed by atoms with Crippen molar-refractivity contribution in [2.24, 2.45) is 11.8 Å². The standard InChI is InChI=1S/C21H29F3N2O3.C13H23F3N2O.2ClH/c22-21(23,24)16-28-14-18-7-4-10-26(13-18)19-8-11-25(12-9-19)20(27)29-15-17-5-2-1-3-6-17;14-13(15,16)10-19-9-11-2-1-7-18(8-11)12-3-5-17-6-4-12;;/h1-3,5-6,18-19H,4,7-16H2;11-12,17H,1-10H2;2*1H/t18-;11-;;/m11../s1. The summed E-state index contributed by atoms with van der Waals surface area (Å²) in [6.45, 7) is 5.46. The van der Waals surface area contributed by atoms with Gasteiger partial charge in [0.15, 0.2) is 0 Å². The van der Waals surface area contributed by atoms with E-state index in [0.29, 0.717) is 25.2 Å². The van der Waals surface area contributed by atoms with Gasteiger partial charge in [-0.2, -0.15) is 26.3 Å². The van der Waals surface area contributed by atoms with Crippen molar-refractivity contribution in [2.45, 2.75) is 82.4 Å². The molecule has 4 aliphatic heterocycles. The molecule has 50 heavy (non-hydrogen) atoms. The maximum Gasteiger partial charge on any atom is 0.411 e. The zero-order valence-electron chi connectivity index (χ0n) is 28.6. The van der Waals surface area contributed by atoms with Crippen LogP contribution in [0.15, 0.2) is 30.3 Å². The summed E-state index contributed by atoms with van der Waals surface area (Å²) in [7, 11) is 0. The van der Waals surface area contributed by atoms with E-state index in [1.165, 1.54) is 0 Å². The smallest absolute Gasteiger partial charge is 0.411 e. The number of carbonyl (C=O) groups is 1. The third-order valence-electron chi connectivity index (χ3n) is 9.61. The third kappa shape index (κ3) is 16.9. The Morgan fingerprint density at radius 2 is 1.18 bits per heavy atom. The molecule has 0 saturated carbocycles. The normalized spacial score (nSPS) is 23.2. The van der Waals surface area contributed by atoms with Crippen molar-refractivity contribution in [3.8, 4) is 0 Å². The number of benzene rings is 1. The molecule has 0 unspecified atom stereocenters. The first kappa shape index (κ1) is 44.6. The highest BCUT2D eigenvalue weighted by molar-refractivity contribution is 5.85. The average molecular weight is 768 g/mol. The van der Waals surface area contributed by atoms with Crippen molar-refractivity contribution < 1.29 is 45.3 Å². The molecule has 1 amide bonds. The Morgan fingerprint density at radius 1 is 0.700 bits per heavy atom. The Labute approximate surface area is 304 Å². The second-order valence-corrected chi connectivity index (χ2v) is 13.5. The van der Waals surface area contributed by atoms with Crippen LogP contribution >= 0.6 is 24.8 Å². The van der Waals surface area contributed by atoms with E-state index in [2.05, 4.69) is 15.1 Å². The largest absolute Gasteiger partial charge is 0.445 e. The number of halogens is 8. The number of amides is 1. The van der Waals surface area contributed by atoms with Gasteiger partial charge in [-0.3, -0.25) is 9.80 Å². The van der Waals surface area contributed by atoms with Gasteiger partial charge >= 0.3 is 18.4 Å². The number of nitrogens with zero attached hydrogens (tertiary/aromatic N) is 3. The lowest BCUT2D eigenvalue weighted by molar-refractivity contribution is -0.178. The van der Waals surface area contributed by atoms with E-state index in [9.17, 15) is 31.1 Å². The van der Waals surface area contributed by atoms with Crippen LogP contribution in [0.25, 0.3) is 0 Å². The Balaban J connectivity index is 0.000000361. The maximum absolute atomic E-state index is 12.3. The second kappa shape index (κ2) is 22.5. The highest BCUT2D eigenvalue weighted by Gasteiger charge is 2.33.